The molecular weight excluding hydrogens is 743 g/mol. The number of aryl methyl sites for hydroxylation is 1. The molecule has 3 fully saturated rings. The summed E-state index contributed by atoms with van der Waals surface area (Å²) in [5.41, 5.74) is -0.506. The summed E-state index contributed by atoms with van der Waals surface area (Å²) in [5.74, 6) is -1.76. The molecule has 0 N–H and O–H groups in total. The van der Waals surface area contributed by atoms with Crippen LogP contribution in [0.15, 0.2) is 24.3 Å². The van der Waals surface area contributed by atoms with Gasteiger partial charge in [0, 0.05) is 55.3 Å². The third kappa shape index (κ3) is 7.31. The lowest BCUT2D eigenvalue weighted by molar-refractivity contribution is -0.169. The number of likely N-dealkylation sites (tertiary alicyclic amines) is 1. The number of amides is 2. The number of carbonyl (C=O) groups is 3. The number of hydrogen-bond donors (Lipinski definition) is 0. The van der Waals surface area contributed by atoms with E-state index in [0.717, 1.165) is 23.6 Å². The quantitative estimate of drug-likeness (QED) is 0.189. The lowest BCUT2D eigenvalue weighted by Crippen LogP contribution is -2.53. The van der Waals surface area contributed by atoms with Gasteiger partial charge in [-0.1, -0.05) is 29.7 Å². The van der Waals surface area contributed by atoms with E-state index in [9.17, 15) is 18.4 Å². The fourth-order valence-corrected chi connectivity index (χ4v) is 8.94. The van der Waals surface area contributed by atoms with Gasteiger partial charge in [-0.25, -0.2) is 17.9 Å². The predicted molar refractivity (Wildman–Crippen MR) is 192 cm³/mol. The van der Waals surface area contributed by atoms with Gasteiger partial charge >= 0.3 is 5.97 Å². The Balaban J connectivity index is 1.22. The van der Waals surface area contributed by atoms with Crippen molar-refractivity contribution in [2.45, 2.75) is 84.0 Å². The van der Waals surface area contributed by atoms with E-state index >= 15 is 9.18 Å². The second-order valence-corrected chi connectivity index (χ2v) is 15.8. The minimum Gasteiger partial charge on any atom is -0.497 e. The minimum atomic E-state index is -2.91. The van der Waals surface area contributed by atoms with Crippen molar-refractivity contribution in [3.8, 4) is 17.2 Å². The van der Waals surface area contributed by atoms with Crippen LogP contribution in [0.3, 0.4) is 0 Å². The molecule has 1 aromatic heterocycles. The average molecular weight is 788 g/mol. The Morgan fingerprint density at radius 2 is 1.87 bits per heavy atom. The Morgan fingerprint density at radius 1 is 1.09 bits per heavy atom. The first-order valence-electron chi connectivity index (χ1n) is 18.6. The lowest BCUT2D eigenvalue weighted by atomic mass is 9.66. The number of fused-ring (bicyclic) bond motifs is 1. The highest BCUT2D eigenvalue weighted by atomic mass is 35.5. The van der Waals surface area contributed by atoms with Crippen LogP contribution in [-0.2, 0) is 45.8 Å². The zero-order chi connectivity index (χ0) is 39.2. The van der Waals surface area contributed by atoms with Crippen molar-refractivity contribution in [1.82, 2.24) is 24.8 Å². The number of ether oxygens (including phenoxy) is 4. The molecule has 3 aromatic rings. The number of benzene rings is 2. The summed E-state index contributed by atoms with van der Waals surface area (Å²) in [6.07, 6.45) is 1.78. The molecule has 3 heterocycles. The van der Waals surface area contributed by atoms with Crippen LogP contribution in [-0.4, -0.2) is 76.4 Å². The summed E-state index contributed by atoms with van der Waals surface area (Å²) in [6, 6.07) is 5.38. The zero-order valence-electron chi connectivity index (χ0n) is 31.3. The minimum absolute atomic E-state index is 0.0358. The van der Waals surface area contributed by atoms with Crippen LogP contribution in [0.4, 0.5) is 13.2 Å². The maximum absolute atomic E-state index is 16.1. The van der Waals surface area contributed by atoms with E-state index in [4.69, 9.17) is 30.5 Å². The van der Waals surface area contributed by atoms with Crippen LogP contribution >= 0.6 is 11.6 Å². The molecular formula is C39H45ClF3N5O7. The molecule has 0 unspecified atom stereocenters. The highest BCUT2D eigenvalue weighted by Gasteiger charge is 2.54. The van der Waals surface area contributed by atoms with E-state index in [0.29, 0.717) is 61.3 Å². The fourth-order valence-electron chi connectivity index (χ4n) is 8.65. The van der Waals surface area contributed by atoms with Gasteiger partial charge in [-0.3, -0.25) is 14.4 Å². The van der Waals surface area contributed by atoms with Crippen molar-refractivity contribution in [1.29, 1.82) is 0 Å². The molecule has 55 heavy (non-hydrogen) atoms. The molecule has 1 spiro atoms. The predicted octanol–water partition coefficient (Wildman–Crippen LogP) is 6.52. The summed E-state index contributed by atoms with van der Waals surface area (Å²) in [4.78, 5) is 45.8. The van der Waals surface area contributed by atoms with E-state index in [1.165, 1.54) is 21.3 Å². The first-order valence-corrected chi connectivity index (χ1v) is 18.9. The molecule has 1 saturated heterocycles. The van der Waals surface area contributed by atoms with Gasteiger partial charge in [-0.15, -0.1) is 5.10 Å². The standard InChI is InChI=1S/C39H45ClF3N5O7/c1-38(37(51)55-19-22-8-9-23(52-3)15-30(22)53-4)11-6-5-7-25(38)36(50)48-14-10-24-26(40)16-27(41)34(54-20-28-33(35(42)43)46(2)45-44-28)32(24)29(48)18-47-21-39(12-13-39)17-31(47)49/h8-9,15-16,25,29,35H,5-7,10-14,17-21H2,1-4H3/t25-,29-,38-/m0/s1. The van der Waals surface area contributed by atoms with Crippen molar-refractivity contribution < 1.29 is 46.5 Å². The molecule has 0 radical (unpaired) electrons. The molecule has 2 aliphatic carbocycles. The number of methoxy groups -OCH3 is 2. The number of hydrogen-bond acceptors (Lipinski definition) is 9. The van der Waals surface area contributed by atoms with E-state index in [1.807, 2.05) is 0 Å². The number of carbonyl (C=O) groups excluding carboxylic acids is 3. The zero-order valence-corrected chi connectivity index (χ0v) is 32.1. The number of nitrogens with zero attached hydrogens (tertiary/aromatic N) is 5. The highest BCUT2D eigenvalue weighted by Crippen LogP contribution is 2.54. The van der Waals surface area contributed by atoms with Crippen molar-refractivity contribution in [3.63, 3.8) is 0 Å². The smallest absolute Gasteiger partial charge is 0.312 e. The summed E-state index contributed by atoms with van der Waals surface area (Å²) in [5, 5.41) is 7.63. The number of halogens is 4. The fraction of sp³-hybridized carbons (Fsp3) is 0.564. The van der Waals surface area contributed by atoms with Crippen LogP contribution in [0.2, 0.25) is 5.02 Å². The second-order valence-electron chi connectivity index (χ2n) is 15.4. The largest absolute Gasteiger partial charge is 0.497 e. The van der Waals surface area contributed by atoms with E-state index in [2.05, 4.69) is 10.3 Å². The molecule has 2 aliphatic heterocycles. The first kappa shape index (κ1) is 38.7. The number of esters is 1. The Kier molecular flexibility index (Phi) is 10.7. The molecule has 2 amide bonds. The van der Waals surface area contributed by atoms with Crippen molar-refractivity contribution >= 4 is 29.4 Å². The van der Waals surface area contributed by atoms with Crippen molar-refractivity contribution in [2.75, 3.05) is 33.9 Å². The first-order chi connectivity index (χ1) is 26.3. The molecule has 2 saturated carbocycles. The summed E-state index contributed by atoms with van der Waals surface area (Å²) >= 11 is 6.68. The molecule has 2 aromatic carbocycles. The van der Waals surface area contributed by atoms with Crippen LogP contribution in [0.5, 0.6) is 17.2 Å². The van der Waals surface area contributed by atoms with Gasteiger partial charge in [0.15, 0.2) is 11.6 Å². The van der Waals surface area contributed by atoms with Crippen LogP contribution in [0.25, 0.3) is 0 Å². The molecule has 0 bridgehead atoms. The Bertz CT molecular complexity index is 1990. The Morgan fingerprint density at radius 3 is 2.56 bits per heavy atom. The summed E-state index contributed by atoms with van der Waals surface area (Å²) in [6.45, 7) is 1.85. The Hall–Kier alpha value is -4.53. The SMILES string of the molecule is COc1ccc(COC(=O)[C@@]2(C)CCCC[C@H]2C(=O)N2CCc3c(Cl)cc(F)c(OCc4nnn(C)c4C(F)F)c3[C@@H]2CN2CC3(CC3)CC2=O)c(OC)c1. The molecule has 3 atom stereocenters. The third-order valence-electron chi connectivity index (χ3n) is 12.0. The molecule has 7 rings (SSSR count). The van der Waals surface area contributed by atoms with Gasteiger partial charge in [0.25, 0.3) is 6.43 Å². The third-order valence-corrected chi connectivity index (χ3v) is 12.3. The second kappa shape index (κ2) is 15.2. The number of rotatable bonds is 12. The van der Waals surface area contributed by atoms with Gasteiger partial charge in [-0.2, -0.15) is 0 Å². The normalized spacial score (nSPS) is 22.9. The van der Waals surface area contributed by atoms with Crippen LogP contribution < -0.4 is 14.2 Å². The van der Waals surface area contributed by atoms with Crippen LogP contribution in [0, 0.1) is 22.6 Å². The van der Waals surface area contributed by atoms with Gasteiger partial charge in [-0.05, 0) is 68.2 Å². The number of aromatic nitrogens is 3. The van der Waals surface area contributed by atoms with E-state index in [1.54, 1.807) is 34.9 Å². The van der Waals surface area contributed by atoms with Gasteiger partial charge < -0.3 is 28.7 Å². The van der Waals surface area contributed by atoms with E-state index < -0.39 is 47.9 Å². The van der Waals surface area contributed by atoms with Crippen molar-refractivity contribution in [2.24, 2.45) is 23.8 Å². The average Bonchev–Trinajstić information content (AvgIpc) is 3.70. The topological polar surface area (TPSA) is 125 Å². The van der Waals surface area contributed by atoms with Gasteiger partial charge in [0.2, 0.25) is 11.8 Å². The molecule has 16 heteroatoms. The Labute approximate surface area is 322 Å². The monoisotopic (exact) mass is 787 g/mol. The van der Waals surface area contributed by atoms with Crippen molar-refractivity contribution in [3.05, 3.63) is 63.2 Å². The van der Waals surface area contributed by atoms with Gasteiger partial charge in [0.05, 0.1) is 31.6 Å². The number of alkyl halides is 2. The molecule has 12 nitrogen and oxygen atoms in total. The summed E-state index contributed by atoms with van der Waals surface area (Å²) in [7, 11) is 4.38. The van der Waals surface area contributed by atoms with Crippen LogP contribution in [0.1, 0.15) is 92.4 Å². The maximum atomic E-state index is 16.1. The molecule has 296 valence electrons. The van der Waals surface area contributed by atoms with Gasteiger partial charge in [0.1, 0.15) is 36.1 Å². The lowest BCUT2D eigenvalue weighted by Gasteiger charge is -2.45. The highest BCUT2D eigenvalue weighted by molar-refractivity contribution is 6.31. The summed E-state index contributed by atoms with van der Waals surface area (Å²) < 4.78 is 67.5. The molecule has 4 aliphatic rings. The van der Waals surface area contributed by atoms with E-state index in [-0.39, 0.29) is 65.4 Å². The maximum Gasteiger partial charge on any atom is 0.312 e.